The highest BCUT2D eigenvalue weighted by atomic mass is 32.1. The number of carbonyl (C=O) groups excluding carboxylic acids is 1. The van der Waals surface area contributed by atoms with E-state index in [1.54, 1.807) is 11.3 Å². The zero-order valence-corrected chi connectivity index (χ0v) is 10.6. The molecule has 0 spiro atoms. The van der Waals surface area contributed by atoms with Crippen LogP contribution in [0.4, 0.5) is 5.13 Å². The average Bonchev–Trinajstić information content (AvgIpc) is 3.03. The molecule has 1 aromatic rings. The van der Waals surface area contributed by atoms with Crippen LogP contribution in [0.3, 0.4) is 0 Å². The standard InChI is InChI=1S/C13H16N2OS/c16-11-3-1-2-10-12(11)17-13(14-10)15-7-8-4-5-9(15)6-8/h8-9H,1-7H2. The Morgan fingerprint density at radius 2 is 2.24 bits per heavy atom. The van der Waals surface area contributed by atoms with Crippen molar-refractivity contribution in [2.45, 2.75) is 44.6 Å². The number of aryl methyl sites for hydroxylation is 1. The molecule has 2 unspecified atom stereocenters. The average molecular weight is 248 g/mol. The molecule has 0 radical (unpaired) electrons. The Balaban J connectivity index is 1.69. The number of fused-ring (bicyclic) bond motifs is 3. The summed E-state index contributed by atoms with van der Waals surface area (Å²) in [6.07, 6.45) is 6.77. The van der Waals surface area contributed by atoms with Crippen molar-refractivity contribution in [3.8, 4) is 0 Å². The predicted octanol–water partition coefficient (Wildman–Crippen LogP) is 2.65. The Hall–Kier alpha value is -0.900. The van der Waals surface area contributed by atoms with Gasteiger partial charge < -0.3 is 4.90 Å². The number of Topliss-reactive ketones (excluding diaryl/α,β-unsaturated/α-hetero) is 1. The number of rotatable bonds is 1. The Labute approximate surface area is 105 Å². The molecule has 90 valence electrons. The lowest BCUT2D eigenvalue weighted by molar-refractivity contribution is 0.0976. The van der Waals surface area contributed by atoms with Crippen LogP contribution < -0.4 is 4.90 Å². The Morgan fingerprint density at radius 1 is 1.29 bits per heavy atom. The van der Waals surface area contributed by atoms with Crippen molar-refractivity contribution in [3.63, 3.8) is 0 Å². The lowest BCUT2D eigenvalue weighted by Gasteiger charge is -2.26. The van der Waals surface area contributed by atoms with E-state index < -0.39 is 0 Å². The molecule has 2 heterocycles. The highest BCUT2D eigenvalue weighted by Gasteiger charge is 2.39. The fraction of sp³-hybridized carbons (Fsp3) is 0.692. The maximum atomic E-state index is 11.8. The monoisotopic (exact) mass is 248 g/mol. The first-order chi connectivity index (χ1) is 8.31. The molecule has 1 aromatic heterocycles. The first-order valence-corrected chi connectivity index (χ1v) is 7.42. The highest BCUT2D eigenvalue weighted by Crippen LogP contribution is 2.42. The van der Waals surface area contributed by atoms with Crippen LogP contribution in [0.1, 0.15) is 47.5 Å². The molecule has 2 bridgehead atoms. The van der Waals surface area contributed by atoms with Crippen LogP contribution in [-0.4, -0.2) is 23.4 Å². The number of anilines is 1. The van der Waals surface area contributed by atoms with Gasteiger partial charge in [0.15, 0.2) is 10.9 Å². The zero-order chi connectivity index (χ0) is 11.4. The summed E-state index contributed by atoms with van der Waals surface area (Å²) in [5, 5.41) is 1.12. The summed E-state index contributed by atoms with van der Waals surface area (Å²) >= 11 is 1.65. The van der Waals surface area contributed by atoms with Crippen molar-refractivity contribution in [3.05, 3.63) is 10.6 Å². The fourth-order valence-corrected chi connectivity index (χ4v) is 4.70. The summed E-state index contributed by atoms with van der Waals surface area (Å²) in [5.74, 6) is 1.20. The second-order valence-corrected chi connectivity index (χ2v) is 6.51. The molecule has 3 nitrogen and oxygen atoms in total. The van der Waals surface area contributed by atoms with Crippen LogP contribution >= 0.6 is 11.3 Å². The molecule has 1 saturated heterocycles. The first kappa shape index (κ1) is 10.1. The van der Waals surface area contributed by atoms with Crippen molar-refractivity contribution >= 4 is 22.3 Å². The predicted molar refractivity (Wildman–Crippen MR) is 67.9 cm³/mol. The van der Waals surface area contributed by atoms with Crippen LogP contribution in [0.15, 0.2) is 0 Å². The van der Waals surface area contributed by atoms with Crippen LogP contribution in [0.25, 0.3) is 0 Å². The SMILES string of the molecule is O=C1CCCc2nc(N3CC4CCC3C4)sc21. The minimum Gasteiger partial charge on any atom is -0.345 e. The lowest BCUT2D eigenvalue weighted by atomic mass is 10.0. The summed E-state index contributed by atoms with van der Waals surface area (Å²) in [5.41, 5.74) is 1.07. The normalized spacial score (nSPS) is 31.1. The van der Waals surface area contributed by atoms with Crippen LogP contribution in [0.5, 0.6) is 0 Å². The minimum atomic E-state index is 0.319. The molecule has 3 aliphatic rings. The van der Waals surface area contributed by atoms with Gasteiger partial charge in [0.05, 0.1) is 10.6 Å². The van der Waals surface area contributed by atoms with E-state index in [0.717, 1.165) is 40.9 Å². The molecule has 17 heavy (non-hydrogen) atoms. The summed E-state index contributed by atoms with van der Waals surface area (Å²) in [6.45, 7) is 1.17. The van der Waals surface area contributed by atoms with Gasteiger partial charge >= 0.3 is 0 Å². The summed E-state index contributed by atoms with van der Waals surface area (Å²) in [4.78, 5) is 20.0. The third kappa shape index (κ3) is 1.46. The second kappa shape index (κ2) is 3.55. The quantitative estimate of drug-likeness (QED) is 0.766. The van der Waals surface area contributed by atoms with Gasteiger partial charge in [-0.05, 0) is 38.0 Å². The van der Waals surface area contributed by atoms with Gasteiger partial charge in [-0.25, -0.2) is 4.98 Å². The lowest BCUT2D eigenvalue weighted by Crippen LogP contribution is -2.31. The van der Waals surface area contributed by atoms with Gasteiger partial charge in [0.25, 0.3) is 0 Å². The van der Waals surface area contributed by atoms with Crippen LogP contribution in [0.2, 0.25) is 0 Å². The van der Waals surface area contributed by atoms with Crippen molar-refractivity contribution in [2.75, 3.05) is 11.4 Å². The maximum absolute atomic E-state index is 11.8. The topological polar surface area (TPSA) is 33.2 Å². The number of ketones is 1. The third-order valence-corrected chi connectivity index (χ3v) is 5.59. The minimum absolute atomic E-state index is 0.319. The van der Waals surface area contributed by atoms with Gasteiger partial charge in [0.1, 0.15) is 0 Å². The number of carbonyl (C=O) groups is 1. The molecule has 2 atom stereocenters. The van der Waals surface area contributed by atoms with E-state index in [9.17, 15) is 4.79 Å². The van der Waals surface area contributed by atoms with Crippen molar-refractivity contribution in [2.24, 2.45) is 5.92 Å². The first-order valence-electron chi connectivity index (χ1n) is 6.61. The molecular formula is C13H16N2OS. The van der Waals surface area contributed by atoms with E-state index in [-0.39, 0.29) is 0 Å². The Bertz CT molecular complexity index is 482. The molecule has 0 amide bonds. The number of hydrogen-bond donors (Lipinski definition) is 0. The van der Waals surface area contributed by atoms with E-state index in [0.29, 0.717) is 11.8 Å². The van der Waals surface area contributed by atoms with E-state index in [4.69, 9.17) is 4.98 Å². The summed E-state index contributed by atoms with van der Waals surface area (Å²) in [7, 11) is 0. The van der Waals surface area contributed by atoms with E-state index in [1.807, 2.05) is 0 Å². The zero-order valence-electron chi connectivity index (χ0n) is 9.82. The number of piperidine rings is 1. The molecule has 1 saturated carbocycles. The van der Waals surface area contributed by atoms with Crippen molar-refractivity contribution in [1.29, 1.82) is 0 Å². The fourth-order valence-electron chi connectivity index (χ4n) is 3.54. The second-order valence-electron chi connectivity index (χ2n) is 5.53. The van der Waals surface area contributed by atoms with E-state index in [1.165, 1.54) is 25.8 Å². The number of nitrogens with zero attached hydrogens (tertiary/aromatic N) is 2. The summed E-state index contributed by atoms with van der Waals surface area (Å²) < 4.78 is 0. The number of hydrogen-bond acceptors (Lipinski definition) is 4. The molecule has 1 aliphatic heterocycles. The number of aromatic nitrogens is 1. The molecule has 2 aliphatic carbocycles. The van der Waals surface area contributed by atoms with Crippen molar-refractivity contribution in [1.82, 2.24) is 4.98 Å². The summed E-state index contributed by atoms with van der Waals surface area (Å²) in [6, 6.07) is 0.711. The van der Waals surface area contributed by atoms with Gasteiger partial charge in [0, 0.05) is 19.0 Å². The van der Waals surface area contributed by atoms with Gasteiger partial charge in [0.2, 0.25) is 0 Å². The molecule has 4 rings (SSSR count). The van der Waals surface area contributed by atoms with Gasteiger partial charge in [-0.15, -0.1) is 0 Å². The van der Waals surface area contributed by atoms with Gasteiger partial charge in [-0.3, -0.25) is 4.79 Å². The van der Waals surface area contributed by atoms with Crippen molar-refractivity contribution < 1.29 is 4.79 Å². The molecule has 0 aromatic carbocycles. The molecular weight excluding hydrogens is 232 g/mol. The van der Waals surface area contributed by atoms with Crippen LogP contribution in [-0.2, 0) is 6.42 Å². The molecule has 2 fully saturated rings. The largest absolute Gasteiger partial charge is 0.345 e. The molecule has 0 N–H and O–H groups in total. The maximum Gasteiger partial charge on any atom is 0.186 e. The van der Waals surface area contributed by atoms with E-state index >= 15 is 0 Å². The Morgan fingerprint density at radius 3 is 2.94 bits per heavy atom. The third-order valence-electron chi connectivity index (χ3n) is 4.41. The number of thiazole rings is 1. The van der Waals surface area contributed by atoms with E-state index in [2.05, 4.69) is 4.90 Å². The van der Waals surface area contributed by atoms with Gasteiger partial charge in [-0.1, -0.05) is 11.3 Å². The van der Waals surface area contributed by atoms with Gasteiger partial charge in [-0.2, -0.15) is 0 Å². The van der Waals surface area contributed by atoms with Crippen LogP contribution in [0, 0.1) is 5.92 Å². The molecule has 4 heteroatoms. The smallest absolute Gasteiger partial charge is 0.186 e. The Kier molecular flexibility index (Phi) is 2.10. The highest BCUT2D eigenvalue weighted by molar-refractivity contribution is 7.17.